The molecule has 1 aromatic carbocycles. The molecule has 1 heterocycles. The van der Waals surface area contributed by atoms with Crippen LogP contribution >= 0.6 is 0 Å². The van der Waals surface area contributed by atoms with Crippen LogP contribution in [0.4, 0.5) is 0 Å². The van der Waals surface area contributed by atoms with Crippen molar-refractivity contribution in [3.63, 3.8) is 0 Å². The molecule has 0 bridgehead atoms. The van der Waals surface area contributed by atoms with Gasteiger partial charge in [-0.05, 0) is 36.5 Å². The van der Waals surface area contributed by atoms with E-state index in [2.05, 4.69) is 18.6 Å². The van der Waals surface area contributed by atoms with Crippen molar-refractivity contribution in [2.75, 3.05) is 19.6 Å². The average molecular weight is 339 g/mol. The van der Waals surface area contributed by atoms with Gasteiger partial charge >= 0.3 is 0 Å². The van der Waals surface area contributed by atoms with Crippen molar-refractivity contribution in [1.29, 1.82) is 0 Å². The molecule has 3 N–H and O–H groups in total. The molecule has 128 valence electrons. The molecule has 0 saturated carbocycles. The molecule has 0 unspecified atom stereocenters. The van der Waals surface area contributed by atoms with E-state index in [9.17, 15) is 13.2 Å². The van der Waals surface area contributed by atoms with Gasteiger partial charge in [-0.25, -0.2) is 13.1 Å². The molecule has 0 spiro atoms. The molecule has 1 amide bonds. The number of hydrogen-bond donors (Lipinski definition) is 2. The third-order valence-corrected chi connectivity index (χ3v) is 5.68. The van der Waals surface area contributed by atoms with Crippen LogP contribution in [0.2, 0.25) is 0 Å². The normalized spacial score (nSPS) is 17.5. The van der Waals surface area contributed by atoms with Crippen LogP contribution in [0.1, 0.15) is 38.2 Å². The number of benzene rings is 1. The first-order chi connectivity index (χ1) is 10.8. The van der Waals surface area contributed by atoms with Crippen LogP contribution in [0.3, 0.4) is 0 Å². The van der Waals surface area contributed by atoms with Crippen LogP contribution in [0.15, 0.2) is 29.2 Å². The Bertz CT molecular complexity index is 633. The van der Waals surface area contributed by atoms with Crippen molar-refractivity contribution in [3.8, 4) is 0 Å². The van der Waals surface area contributed by atoms with E-state index < -0.39 is 10.0 Å². The highest BCUT2D eigenvalue weighted by Crippen LogP contribution is 2.19. The van der Waals surface area contributed by atoms with Gasteiger partial charge in [0.2, 0.25) is 15.9 Å². The quantitative estimate of drug-likeness (QED) is 0.810. The molecule has 7 heteroatoms. The average Bonchev–Trinajstić information content (AvgIpc) is 2.48. The second-order valence-electron chi connectivity index (χ2n) is 6.36. The lowest BCUT2D eigenvalue weighted by molar-refractivity contribution is -0.119. The van der Waals surface area contributed by atoms with E-state index in [4.69, 9.17) is 5.73 Å². The fourth-order valence-corrected chi connectivity index (χ4v) is 4.05. The van der Waals surface area contributed by atoms with E-state index in [1.54, 1.807) is 12.1 Å². The third kappa shape index (κ3) is 5.02. The molecule has 2 rings (SSSR count). The Morgan fingerprint density at radius 1 is 1.26 bits per heavy atom. The summed E-state index contributed by atoms with van der Waals surface area (Å²) in [5, 5.41) is 0. The first kappa shape index (κ1) is 17.9. The van der Waals surface area contributed by atoms with Gasteiger partial charge in [0.05, 0.1) is 11.4 Å². The van der Waals surface area contributed by atoms with Gasteiger partial charge in [0.1, 0.15) is 0 Å². The standard InChI is InChI=1S/C16H25N3O3S/c1-12(2)13-3-5-15(6-4-13)23(21,22)18-14-7-9-19(10-8-14)11-16(17)20/h3-6,12,14,18H,7-11H2,1-2H3,(H2,17,20). The third-order valence-electron chi connectivity index (χ3n) is 4.15. The van der Waals surface area contributed by atoms with Gasteiger partial charge in [-0.15, -0.1) is 0 Å². The predicted octanol–water partition coefficient (Wildman–Crippen LogP) is 1.04. The number of primary amides is 1. The van der Waals surface area contributed by atoms with E-state index in [1.165, 1.54) is 0 Å². The summed E-state index contributed by atoms with van der Waals surface area (Å²) in [5.41, 5.74) is 6.29. The van der Waals surface area contributed by atoms with Crippen LogP contribution in [0.5, 0.6) is 0 Å². The van der Waals surface area contributed by atoms with Gasteiger partial charge in [-0.3, -0.25) is 9.69 Å². The topological polar surface area (TPSA) is 92.5 Å². The second-order valence-corrected chi connectivity index (χ2v) is 8.08. The SMILES string of the molecule is CC(C)c1ccc(S(=O)(=O)NC2CCN(CC(N)=O)CC2)cc1. The van der Waals surface area contributed by atoms with Gasteiger partial charge < -0.3 is 5.73 Å². The predicted molar refractivity (Wildman–Crippen MR) is 89.5 cm³/mol. The van der Waals surface area contributed by atoms with Gasteiger partial charge in [-0.2, -0.15) is 0 Å². The van der Waals surface area contributed by atoms with Gasteiger partial charge in [0.25, 0.3) is 0 Å². The van der Waals surface area contributed by atoms with Gasteiger partial charge in [0.15, 0.2) is 0 Å². The van der Waals surface area contributed by atoms with Crippen molar-refractivity contribution < 1.29 is 13.2 Å². The van der Waals surface area contributed by atoms with Crippen LogP contribution in [-0.4, -0.2) is 44.9 Å². The summed E-state index contributed by atoms with van der Waals surface area (Å²) in [6, 6.07) is 6.91. The molecule has 1 aromatic rings. The van der Waals surface area contributed by atoms with Gasteiger partial charge in [-0.1, -0.05) is 26.0 Å². The molecule has 1 aliphatic rings. The molecule has 0 radical (unpaired) electrons. The van der Waals surface area contributed by atoms with Crippen molar-refractivity contribution in [1.82, 2.24) is 9.62 Å². The molecule has 23 heavy (non-hydrogen) atoms. The van der Waals surface area contributed by atoms with Crippen molar-refractivity contribution in [2.24, 2.45) is 5.73 Å². The summed E-state index contributed by atoms with van der Waals surface area (Å²) in [4.78, 5) is 13.1. The summed E-state index contributed by atoms with van der Waals surface area (Å²) in [5.74, 6) is 0.0172. The molecule has 6 nitrogen and oxygen atoms in total. The number of nitrogens with zero attached hydrogens (tertiary/aromatic N) is 1. The maximum atomic E-state index is 12.4. The first-order valence-electron chi connectivity index (χ1n) is 7.91. The molecule has 0 aromatic heterocycles. The van der Waals surface area contributed by atoms with E-state index >= 15 is 0 Å². The number of sulfonamides is 1. The molecule has 1 aliphatic heterocycles. The van der Waals surface area contributed by atoms with Gasteiger partial charge in [0, 0.05) is 19.1 Å². The number of hydrogen-bond acceptors (Lipinski definition) is 4. The lowest BCUT2D eigenvalue weighted by Gasteiger charge is -2.31. The van der Waals surface area contributed by atoms with Crippen LogP contribution < -0.4 is 10.5 Å². The van der Waals surface area contributed by atoms with E-state index in [-0.39, 0.29) is 18.5 Å². The van der Waals surface area contributed by atoms with Crippen LogP contribution in [0, 0.1) is 0 Å². The number of rotatable bonds is 6. The summed E-state index contributed by atoms with van der Waals surface area (Å²) in [6.07, 6.45) is 1.35. The maximum Gasteiger partial charge on any atom is 0.240 e. The summed E-state index contributed by atoms with van der Waals surface area (Å²) < 4.78 is 27.6. The fourth-order valence-electron chi connectivity index (χ4n) is 2.75. The van der Waals surface area contributed by atoms with Crippen molar-refractivity contribution in [2.45, 2.75) is 43.5 Å². The first-order valence-corrected chi connectivity index (χ1v) is 9.39. The van der Waals surface area contributed by atoms with E-state index in [1.807, 2.05) is 17.0 Å². The zero-order valence-corrected chi connectivity index (χ0v) is 14.5. The molecule has 1 fully saturated rings. The number of piperidine rings is 1. The van der Waals surface area contributed by atoms with E-state index in [0.717, 1.165) is 5.56 Å². The number of nitrogens with one attached hydrogen (secondary N) is 1. The second kappa shape index (κ2) is 7.42. The Hall–Kier alpha value is -1.44. The van der Waals surface area contributed by atoms with Crippen LogP contribution in [-0.2, 0) is 14.8 Å². The maximum absolute atomic E-state index is 12.4. The summed E-state index contributed by atoms with van der Waals surface area (Å²) in [7, 11) is -3.50. The highest BCUT2D eigenvalue weighted by molar-refractivity contribution is 7.89. The molecule has 0 aliphatic carbocycles. The number of amides is 1. The Balaban J connectivity index is 1.95. The molecule has 1 saturated heterocycles. The molecular weight excluding hydrogens is 314 g/mol. The Kier molecular flexibility index (Phi) is 5.78. The number of nitrogens with two attached hydrogens (primary N) is 1. The fraction of sp³-hybridized carbons (Fsp3) is 0.562. The van der Waals surface area contributed by atoms with Crippen molar-refractivity contribution in [3.05, 3.63) is 29.8 Å². The minimum Gasteiger partial charge on any atom is -0.369 e. The Morgan fingerprint density at radius 3 is 2.30 bits per heavy atom. The minimum atomic E-state index is -3.50. The highest BCUT2D eigenvalue weighted by Gasteiger charge is 2.25. The molecule has 0 atom stereocenters. The summed E-state index contributed by atoms with van der Waals surface area (Å²) >= 11 is 0. The summed E-state index contributed by atoms with van der Waals surface area (Å²) in [6.45, 7) is 5.71. The number of carbonyl (C=O) groups is 1. The number of carbonyl (C=O) groups excluding carboxylic acids is 1. The zero-order chi connectivity index (χ0) is 17.0. The smallest absolute Gasteiger partial charge is 0.240 e. The lowest BCUT2D eigenvalue weighted by Crippen LogP contribution is -2.46. The largest absolute Gasteiger partial charge is 0.369 e. The monoisotopic (exact) mass is 339 g/mol. The number of likely N-dealkylation sites (tertiary alicyclic amines) is 1. The minimum absolute atomic E-state index is 0.103. The highest BCUT2D eigenvalue weighted by atomic mass is 32.2. The van der Waals surface area contributed by atoms with E-state index in [0.29, 0.717) is 36.7 Å². The Morgan fingerprint density at radius 2 is 1.83 bits per heavy atom. The van der Waals surface area contributed by atoms with Crippen molar-refractivity contribution >= 4 is 15.9 Å². The van der Waals surface area contributed by atoms with Crippen LogP contribution in [0.25, 0.3) is 0 Å². The zero-order valence-electron chi connectivity index (χ0n) is 13.7. The lowest BCUT2D eigenvalue weighted by atomic mass is 10.0. The Labute approximate surface area is 138 Å². The molecular formula is C16H25N3O3S.